The van der Waals surface area contributed by atoms with Crippen LogP contribution >= 0.6 is 0 Å². The standard InChI is InChI=1S/C5H6F2N4O2/c1-11-3(8-9-10-11)2-5(6,7)4(12)13/h2H2,1H3,(H,12,13). The van der Waals surface area contributed by atoms with E-state index in [1.807, 2.05) is 0 Å². The van der Waals surface area contributed by atoms with Crippen molar-refractivity contribution in [3.8, 4) is 0 Å². The molecule has 0 saturated heterocycles. The summed E-state index contributed by atoms with van der Waals surface area (Å²) >= 11 is 0. The number of carboxylic acid groups (broad SMARTS) is 1. The number of halogens is 2. The molecule has 0 aromatic carbocycles. The van der Waals surface area contributed by atoms with Crippen molar-refractivity contribution in [3.05, 3.63) is 5.82 Å². The quantitative estimate of drug-likeness (QED) is 0.696. The number of carbonyl (C=O) groups is 1. The molecule has 0 radical (unpaired) electrons. The first-order chi connectivity index (χ1) is 5.93. The summed E-state index contributed by atoms with van der Waals surface area (Å²) in [4.78, 5) is 10.0. The van der Waals surface area contributed by atoms with Crippen molar-refractivity contribution in [1.29, 1.82) is 0 Å². The smallest absolute Gasteiger partial charge is 0.375 e. The van der Waals surface area contributed by atoms with Gasteiger partial charge < -0.3 is 5.11 Å². The summed E-state index contributed by atoms with van der Waals surface area (Å²) in [5.41, 5.74) is 0. The number of aryl methyl sites for hydroxylation is 1. The molecule has 0 amide bonds. The third-order valence-corrected chi connectivity index (χ3v) is 1.40. The van der Waals surface area contributed by atoms with E-state index in [0.29, 0.717) is 0 Å². The second kappa shape index (κ2) is 3.04. The highest BCUT2D eigenvalue weighted by atomic mass is 19.3. The molecule has 0 bridgehead atoms. The molecule has 1 N–H and O–H groups in total. The van der Waals surface area contributed by atoms with Crippen molar-refractivity contribution in [2.75, 3.05) is 0 Å². The summed E-state index contributed by atoms with van der Waals surface area (Å²) in [7, 11) is 1.35. The molecule has 1 heterocycles. The maximum atomic E-state index is 12.6. The lowest BCUT2D eigenvalue weighted by molar-refractivity contribution is -0.164. The average molecular weight is 192 g/mol. The van der Waals surface area contributed by atoms with Gasteiger partial charge in [0.2, 0.25) is 0 Å². The fourth-order valence-electron chi connectivity index (χ4n) is 0.672. The molecule has 0 saturated carbocycles. The van der Waals surface area contributed by atoms with Crippen LogP contribution in [0.4, 0.5) is 8.78 Å². The third-order valence-electron chi connectivity index (χ3n) is 1.40. The molecule has 1 aromatic heterocycles. The van der Waals surface area contributed by atoms with Gasteiger partial charge >= 0.3 is 11.9 Å². The first-order valence-electron chi connectivity index (χ1n) is 3.26. The predicted octanol–water partition coefficient (Wildman–Crippen LogP) is -0.528. The third kappa shape index (κ3) is 1.95. The summed E-state index contributed by atoms with van der Waals surface area (Å²) in [6.45, 7) is 0. The van der Waals surface area contributed by atoms with E-state index in [0.717, 1.165) is 4.68 Å². The summed E-state index contributed by atoms with van der Waals surface area (Å²) in [5, 5.41) is 17.7. The molecular weight excluding hydrogens is 186 g/mol. The van der Waals surface area contributed by atoms with Gasteiger partial charge in [0.1, 0.15) is 0 Å². The van der Waals surface area contributed by atoms with Crippen molar-refractivity contribution in [1.82, 2.24) is 20.2 Å². The van der Waals surface area contributed by atoms with Gasteiger partial charge in [-0.3, -0.25) is 0 Å². The van der Waals surface area contributed by atoms with Gasteiger partial charge in [-0.25, -0.2) is 9.48 Å². The molecule has 0 aliphatic rings. The van der Waals surface area contributed by atoms with Crippen LogP contribution in [-0.4, -0.2) is 37.2 Å². The number of hydrogen-bond acceptors (Lipinski definition) is 4. The largest absolute Gasteiger partial charge is 0.477 e. The molecule has 8 heteroatoms. The second-order valence-electron chi connectivity index (χ2n) is 2.41. The summed E-state index contributed by atoms with van der Waals surface area (Å²) < 4.78 is 26.2. The lowest BCUT2D eigenvalue weighted by Gasteiger charge is -2.08. The Balaban J connectivity index is 2.80. The predicted molar refractivity (Wildman–Crippen MR) is 35.1 cm³/mol. The number of hydrogen-bond donors (Lipinski definition) is 1. The normalized spacial score (nSPS) is 11.6. The molecule has 6 nitrogen and oxygen atoms in total. The number of tetrazole rings is 1. The van der Waals surface area contributed by atoms with Crippen LogP contribution in [-0.2, 0) is 18.3 Å². The van der Waals surface area contributed by atoms with Crippen molar-refractivity contribution in [2.45, 2.75) is 12.3 Å². The van der Waals surface area contributed by atoms with Gasteiger partial charge in [0.25, 0.3) is 0 Å². The van der Waals surface area contributed by atoms with Gasteiger partial charge in [-0.15, -0.1) is 5.10 Å². The van der Waals surface area contributed by atoms with Gasteiger partial charge in [0.05, 0.1) is 6.42 Å². The molecule has 0 aliphatic heterocycles. The highest BCUT2D eigenvalue weighted by Gasteiger charge is 2.40. The van der Waals surface area contributed by atoms with Crippen LogP contribution in [0.15, 0.2) is 0 Å². The molecule has 1 rings (SSSR count). The van der Waals surface area contributed by atoms with Crippen LogP contribution in [0, 0.1) is 0 Å². The van der Waals surface area contributed by atoms with E-state index in [1.54, 1.807) is 0 Å². The van der Waals surface area contributed by atoms with Crippen LogP contribution in [0.1, 0.15) is 5.82 Å². The summed E-state index contributed by atoms with van der Waals surface area (Å²) in [5.74, 6) is -6.19. The van der Waals surface area contributed by atoms with Crippen LogP contribution in [0.2, 0.25) is 0 Å². The van der Waals surface area contributed by atoms with Crippen LogP contribution in [0.25, 0.3) is 0 Å². The molecule has 0 unspecified atom stereocenters. The minimum absolute atomic E-state index is 0.174. The van der Waals surface area contributed by atoms with Gasteiger partial charge in [-0.2, -0.15) is 8.78 Å². The topological polar surface area (TPSA) is 80.9 Å². The lowest BCUT2D eigenvalue weighted by atomic mass is 10.2. The second-order valence-corrected chi connectivity index (χ2v) is 2.41. The summed E-state index contributed by atoms with van der Waals surface area (Å²) in [6, 6.07) is 0. The highest BCUT2D eigenvalue weighted by Crippen LogP contribution is 2.18. The maximum absolute atomic E-state index is 12.6. The van der Waals surface area contributed by atoms with E-state index in [1.165, 1.54) is 7.05 Å². The van der Waals surface area contributed by atoms with Crippen molar-refractivity contribution < 1.29 is 18.7 Å². The Morgan fingerprint density at radius 1 is 1.69 bits per heavy atom. The Morgan fingerprint density at radius 3 is 2.69 bits per heavy atom. The Labute approximate surface area is 71.2 Å². The van der Waals surface area contributed by atoms with Crippen LogP contribution < -0.4 is 0 Å². The number of alkyl halides is 2. The first-order valence-corrected chi connectivity index (χ1v) is 3.26. The van der Waals surface area contributed by atoms with E-state index in [9.17, 15) is 13.6 Å². The molecule has 72 valence electrons. The van der Waals surface area contributed by atoms with Crippen LogP contribution in [0.5, 0.6) is 0 Å². The SMILES string of the molecule is Cn1nnnc1CC(F)(F)C(=O)O. The average Bonchev–Trinajstić information content (AvgIpc) is 2.35. The Bertz CT molecular complexity index is 324. The summed E-state index contributed by atoms with van der Waals surface area (Å²) in [6.07, 6.45) is -1.01. The molecule has 0 spiro atoms. The Kier molecular flexibility index (Phi) is 2.22. The van der Waals surface area contributed by atoms with E-state index < -0.39 is 18.3 Å². The lowest BCUT2D eigenvalue weighted by Crippen LogP contribution is -2.31. The molecule has 13 heavy (non-hydrogen) atoms. The minimum atomic E-state index is -3.83. The molecular formula is C5H6F2N4O2. The fourth-order valence-corrected chi connectivity index (χ4v) is 0.672. The van der Waals surface area contributed by atoms with E-state index in [2.05, 4.69) is 15.5 Å². The Hall–Kier alpha value is -1.60. The molecule has 0 aliphatic carbocycles. The molecule has 1 aromatic rings. The van der Waals surface area contributed by atoms with Gasteiger partial charge in [-0.05, 0) is 10.4 Å². The zero-order chi connectivity index (χ0) is 10.1. The number of rotatable bonds is 3. The monoisotopic (exact) mass is 192 g/mol. The van der Waals surface area contributed by atoms with E-state index in [4.69, 9.17) is 5.11 Å². The maximum Gasteiger partial charge on any atom is 0.375 e. The molecule has 0 atom stereocenters. The van der Waals surface area contributed by atoms with Crippen molar-refractivity contribution in [2.24, 2.45) is 7.05 Å². The van der Waals surface area contributed by atoms with Crippen molar-refractivity contribution >= 4 is 5.97 Å². The van der Waals surface area contributed by atoms with Gasteiger partial charge in [0, 0.05) is 7.05 Å². The van der Waals surface area contributed by atoms with Gasteiger partial charge in [-0.1, -0.05) is 0 Å². The van der Waals surface area contributed by atoms with Crippen LogP contribution in [0.3, 0.4) is 0 Å². The van der Waals surface area contributed by atoms with Gasteiger partial charge in [0.15, 0.2) is 5.82 Å². The molecule has 0 fully saturated rings. The zero-order valence-corrected chi connectivity index (χ0v) is 6.61. The number of nitrogens with zero attached hydrogens (tertiary/aromatic N) is 4. The van der Waals surface area contributed by atoms with E-state index in [-0.39, 0.29) is 5.82 Å². The number of aromatic nitrogens is 4. The fraction of sp³-hybridized carbons (Fsp3) is 0.600. The minimum Gasteiger partial charge on any atom is -0.477 e. The number of carboxylic acids is 1. The Morgan fingerprint density at radius 2 is 2.31 bits per heavy atom. The highest BCUT2D eigenvalue weighted by molar-refractivity contribution is 5.75. The van der Waals surface area contributed by atoms with E-state index >= 15 is 0 Å². The first kappa shape index (κ1) is 9.49. The zero-order valence-electron chi connectivity index (χ0n) is 6.61. The van der Waals surface area contributed by atoms with Crippen molar-refractivity contribution in [3.63, 3.8) is 0 Å². The number of aliphatic carboxylic acids is 1.